The molecular formula is C30H32FNO5P+. The van der Waals surface area contributed by atoms with E-state index in [0.717, 1.165) is 12.7 Å². The maximum Gasteiger partial charge on any atom is 0.543 e. The van der Waals surface area contributed by atoms with Crippen LogP contribution in [0.3, 0.4) is 0 Å². The number of terminal acetylenes is 1. The second-order valence-electron chi connectivity index (χ2n) is 9.86. The second-order valence-corrected chi connectivity index (χ2v) is 11.4. The zero-order valence-electron chi connectivity index (χ0n) is 22.3. The molecule has 0 saturated carbocycles. The first-order valence-corrected chi connectivity index (χ1v) is 13.4. The summed E-state index contributed by atoms with van der Waals surface area (Å²) >= 11 is 0. The molecule has 3 unspecified atom stereocenters. The van der Waals surface area contributed by atoms with Crippen molar-refractivity contribution < 1.29 is 28.5 Å². The monoisotopic (exact) mass is 536 g/mol. The maximum atomic E-state index is 14.0. The third kappa shape index (κ3) is 4.76. The van der Waals surface area contributed by atoms with Crippen molar-refractivity contribution in [2.45, 2.75) is 57.2 Å². The number of aliphatic hydroxyl groups is 1. The van der Waals surface area contributed by atoms with Crippen LogP contribution in [0.15, 0.2) is 54.6 Å². The van der Waals surface area contributed by atoms with Crippen LogP contribution in [0.1, 0.15) is 63.3 Å². The van der Waals surface area contributed by atoms with Crippen LogP contribution in [0.4, 0.5) is 4.39 Å². The largest absolute Gasteiger partial charge is 0.543 e. The van der Waals surface area contributed by atoms with Gasteiger partial charge in [-0.25, -0.2) is 9.18 Å². The van der Waals surface area contributed by atoms with Crippen molar-refractivity contribution in [1.82, 2.24) is 4.98 Å². The van der Waals surface area contributed by atoms with Gasteiger partial charge in [0.1, 0.15) is 5.82 Å². The molecule has 8 heteroatoms. The van der Waals surface area contributed by atoms with Crippen LogP contribution in [0.25, 0.3) is 22.4 Å². The van der Waals surface area contributed by atoms with Gasteiger partial charge in [-0.2, -0.15) is 0 Å². The average Bonchev–Trinajstić information content (AvgIpc) is 2.88. The normalized spacial score (nSPS) is 15.0. The standard InChI is InChI=1S/C30H31FNO5P/c1-8-30(28(33)34,38(36)37-7)29(6,35)25-24(20-14-16-22(31)17-15-20)23(18(2)3)27(32-26(25)19(4)5)21-12-10-9-11-13-21/h1,9-19,35H,2-7H3/p+1. The number of nitrogens with zero attached hydrogens (tertiary/aromatic N) is 1. The number of aliphatic carboxylic acids is 1. The van der Waals surface area contributed by atoms with Gasteiger partial charge in [0.05, 0.1) is 18.5 Å². The first-order chi connectivity index (χ1) is 17.8. The maximum absolute atomic E-state index is 14.0. The Morgan fingerprint density at radius 3 is 2.08 bits per heavy atom. The van der Waals surface area contributed by atoms with E-state index >= 15 is 0 Å². The Hall–Kier alpha value is -3.43. The number of halogens is 1. The average molecular weight is 537 g/mol. The summed E-state index contributed by atoms with van der Waals surface area (Å²) in [6.45, 7) is 8.84. The molecule has 0 amide bonds. The van der Waals surface area contributed by atoms with Gasteiger partial charge in [0, 0.05) is 11.1 Å². The van der Waals surface area contributed by atoms with E-state index in [4.69, 9.17) is 15.9 Å². The van der Waals surface area contributed by atoms with E-state index in [0.29, 0.717) is 28.1 Å². The minimum Gasteiger partial charge on any atom is -0.477 e. The predicted molar refractivity (Wildman–Crippen MR) is 147 cm³/mol. The van der Waals surface area contributed by atoms with E-state index in [-0.39, 0.29) is 17.4 Å². The van der Waals surface area contributed by atoms with Crippen LogP contribution >= 0.6 is 8.03 Å². The molecule has 0 aliphatic carbocycles. The number of benzene rings is 2. The van der Waals surface area contributed by atoms with Crippen LogP contribution in [0.5, 0.6) is 0 Å². The van der Waals surface area contributed by atoms with Crippen molar-refractivity contribution in [2.24, 2.45) is 0 Å². The lowest BCUT2D eigenvalue weighted by molar-refractivity contribution is -0.145. The summed E-state index contributed by atoms with van der Waals surface area (Å²) in [7, 11) is -2.02. The lowest BCUT2D eigenvalue weighted by atomic mass is 9.73. The molecule has 2 aromatic carbocycles. The molecule has 3 aromatic rings. The van der Waals surface area contributed by atoms with E-state index in [1.165, 1.54) is 19.1 Å². The molecule has 1 heterocycles. The van der Waals surface area contributed by atoms with Gasteiger partial charge < -0.3 is 10.2 Å². The highest BCUT2D eigenvalue weighted by atomic mass is 31.1. The zero-order chi connectivity index (χ0) is 28.4. The van der Waals surface area contributed by atoms with Crippen molar-refractivity contribution in [2.75, 3.05) is 7.11 Å². The third-order valence-electron chi connectivity index (χ3n) is 6.72. The quantitative estimate of drug-likeness (QED) is 0.229. The number of pyridine rings is 1. The highest BCUT2D eigenvalue weighted by Crippen LogP contribution is 2.55. The number of hydrogen-bond donors (Lipinski definition) is 2. The number of carbonyl (C=O) groups is 1. The van der Waals surface area contributed by atoms with Gasteiger partial charge in [-0.05, 0) is 58.1 Å². The van der Waals surface area contributed by atoms with Crippen molar-refractivity contribution in [3.8, 4) is 34.7 Å². The summed E-state index contributed by atoms with van der Waals surface area (Å²) in [6.07, 6.45) is 5.74. The summed E-state index contributed by atoms with van der Waals surface area (Å²) in [5.41, 5.74) is 1.20. The van der Waals surface area contributed by atoms with Crippen LogP contribution in [-0.2, 0) is 19.5 Å². The summed E-state index contributed by atoms with van der Waals surface area (Å²) in [5, 5.41) is 19.9. The Morgan fingerprint density at radius 2 is 1.63 bits per heavy atom. The van der Waals surface area contributed by atoms with Crippen molar-refractivity contribution in [1.29, 1.82) is 0 Å². The predicted octanol–water partition coefficient (Wildman–Crippen LogP) is 6.85. The van der Waals surface area contributed by atoms with Gasteiger partial charge in [-0.15, -0.1) is 10.9 Å². The topological polar surface area (TPSA) is 96.7 Å². The molecule has 0 bridgehead atoms. The third-order valence-corrected chi connectivity index (χ3v) is 8.35. The van der Waals surface area contributed by atoms with Crippen LogP contribution in [0.2, 0.25) is 0 Å². The lowest BCUT2D eigenvalue weighted by Gasteiger charge is -2.36. The Bertz CT molecular complexity index is 1390. The summed E-state index contributed by atoms with van der Waals surface area (Å²) in [5.74, 6) is -0.513. The van der Waals surface area contributed by atoms with Crippen molar-refractivity contribution in [3.05, 3.63) is 77.2 Å². The summed E-state index contributed by atoms with van der Waals surface area (Å²) in [6, 6.07) is 15.2. The van der Waals surface area contributed by atoms with Crippen molar-refractivity contribution in [3.63, 3.8) is 0 Å². The summed E-state index contributed by atoms with van der Waals surface area (Å²) in [4.78, 5) is 17.7. The molecule has 198 valence electrons. The van der Waals surface area contributed by atoms with E-state index in [9.17, 15) is 24.0 Å². The fraction of sp³-hybridized carbons (Fsp3) is 0.333. The Balaban J connectivity index is 2.68. The summed E-state index contributed by atoms with van der Waals surface area (Å²) < 4.78 is 32.2. The van der Waals surface area contributed by atoms with E-state index in [1.807, 2.05) is 58.0 Å². The minimum atomic E-state index is -3.10. The zero-order valence-corrected chi connectivity index (χ0v) is 23.2. The van der Waals surface area contributed by atoms with E-state index < -0.39 is 30.6 Å². The van der Waals surface area contributed by atoms with Crippen LogP contribution in [-0.4, -0.2) is 33.4 Å². The first kappa shape index (κ1) is 29.1. The van der Waals surface area contributed by atoms with Crippen LogP contribution < -0.4 is 0 Å². The molecule has 3 rings (SSSR count). The number of aromatic nitrogens is 1. The molecule has 0 aliphatic rings. The Kier molecular flexibility index (Phi) is 8.53. The van der Waals surface area contributed by atoms with Gasteiger partial charge in [0.2, 0.25) is 0 Å². The molecule has 0 radical (unpaired) electrons. The lowest BCUT2D eigenvalue weighted by Crippen LogP contribution is -2.53. The number of carboxylic acid groups (broad SMARTS) is 1. The first-order valence-electron chi connectivity index (χ1n) is 12.2. The molecule has 0 spiro atoms. The SMILES string of the molecule is C#CC(C(=O)O)([P+](=O)OC)C(C)(O)c1c(C(C)C)nc(-c2ccccc2)c(C(C)C)c1-c1ccc(F)cc1. The second kappa shape index (κ2) is 11.1. The molecule has 2 N–H and O–H groups in total. The Morgan fingerprint density at radius 1 is 1.05 bits per heavy atom. The van der Waals surface area contributed by atoms with Gasteiger partial charge >= 0.3 is 19.2 Å². The number of carboxylic acids is 1. The number of rotatable bonds is 9. The molecule has 0 saturated heterocycles. The molecular weight excluding hydrogens is 504 g/mol. The highest BCUT2D eigenvalue weighted by molar-refractivity contribution is 7.43. The minimum absolute atomic E-state index is 0.114. The van der Waals surface area contributed by atoms with Crippen LogP contribution in [0, 0.1) is 18.2 Å². The van der Waals surface area contributed by atoms with Gasteiger partial charge in [-0.3, -0.25) is 4.98 Å². The van der Waals surface area contributed by atoms with Gasteiger partial charge in [0.25, 0.3) is 0 Å². The number of hydrogen-bond acceptors (Lipinski definition) is 5. The highest BCUT2D eigenvalue weighted by Gasteiger charge is 2.71. The Labute approximate surface area is 223 Å². The molecule has 0 aliphatic heterocycles. The molecule has 38 heavy (non-hydrogen) atoms. The molecule has 3 atom stereocenters. The molecule has 1 aromatic heterocycles. The molecule has 0 fully saturated rings. The van der Waals surface area contributed by atoms with E-state index in [1.54, 1.807) is 12.1 Å². The van der Waals surface area contributed by atoms with Crippen molar-refractivity contribution >= 4 is 14.0 Å². The van der Waals surface area contributed by atoms with Gasteiger partial charge in [0.15, 0.2) is 5.60 Å². The fourth-order valence-electron chi connectivity index (χ4n) is 4.86. The molecule has 6 nitrogen and oxygen atoms in total. The van der Waals surface area contributed by atoms with Gasteiger partial charge in [-0.1, -0.05) is 70.2 Å². The smallest absolute Gasteiger partial charge is 0.477 e. The fourth-order valence-corrected chi connectivity index (χ4v) is 5.86. The van der Waals surface area contributed by atoms with E-state index in [2.05, 4.69) is 5.92 Å².